The highest BCUT2D eigenvalue weighted by molar-refractivity contribution is 6.30. The van der Waals surface area contributed by atoms with Gasteiger partial charge in [-0.05, 0) is 54.1 Å². The normalized spacial score (nSPS) is 19.3. The van der Waals surface area contributed by atoms with Crippen molar-refractivity contribution >= 4 is 11.6 Å². The zero-order valence-corrected chi connectivity index (χ0v) is 11.7. The second-order valence-corrected chi connectivity index (χ2v) is 5.61. The van der Waals surface area contributed by atoms with E-state index in [1.54, 1.807) is 0 Å². The summed E-state index contributed by atoms with van der Waals surface area (Å²) in [6.07, 6.45) is 2.58. The van der Waals surface area contributed by atoms with E-state index in [2.05, 4.69) is 41.7 Å². The summed E-state index contributed by atoms with van der Waals surface area (Å²) < 4.78 is 0. The standard InChI is InChI=1S/C17H18ClN/c18-17-9-7-14(8-10-17)13-3-5-15(6-4-13)16-2-1-11-19-12-16/h3-10,16,19H,1-2,11-12H2. The Bertz CT molecular complexity index is 524. The van der Waals surface area contributed by atoms with Gasteiger partial charge >= 0.3 is 0 Å². The molecule has 1 fully saturated rings. The molecule has 0 aliphatic carbocycles. The van der Waals surface area contributed by atoms with Gasteiger partial charge in [-0.15, -0.1) is 0 Å². The Morgan fingerprint density at radius 3 is 2.11 bits per heavy atom. The van der Waals surface area contributed by atoms with E-state index >= 15 is 0 Å². The summed E-state index contributed by atoms with van der Waals surface area (Å²) in [4.78, 5) is 0. The van der Waals surface area contributed by atoms with Crippen LogP contribution in [0.2, 0.25) is 5.02 Å². The van der Waals surface area contributed by atoms with E-state index in [1.165, 1.54) is 36.1 Å². The molecule has 0 saturated carbocycles. The predicted octanol–water partition coefficient (Wildman–Crippen LogP) is 4.47. The average molecular weight is 272 g/mol. The molecule has 2 heteroatoms. The fourth-order valence-electron chi connectivity index (χ4n) is 2.73. The Labute approximate surface area is 119 Å². The lowest BCUT2D eigenvalue weighted by molar-refractivity contribution is 0.461. The van der Waals surface area contributed by atoms with Crippen LogP contribution >= 0.6 is 11.6 Å². The van der Waals surface area contributed by atoms with Crippen molar-refractivity contribution in [1.29, 1.82) is 0 Å². The van der Waals surface area contributed by atoms with E-state index in [0.29, 0.717) is 5.92 Å². The Morgan fingerprint density at radius 2 is 1.53 bits per heavy atom. The van der Waals surface area contributed by atoms with Crippen molar-refractivity contribution in [2.24, 2.45) is 0 Å². The molecule has 1 N–H and O–H groups in total. The first-order valence-electron chi connectivity index (χ1n) is 6.89. The average Bonchev–Trinajstić information content (AvgIpc) is 2.49. The highest BCUT2D eigenvalue weighted by Crippen LogP contribution is 2.27. The molecule has 0 bridgehead atoms. The summed E-state index contributed by atoms with van der Waals surface area (Å²) in [5.41, 5.74) is 3.92. The maximum absolute atomic E-state index is 5.92. The molecule has 0 spiro atoms. The number of nitrogens with one attached hydrogen (secondary N) is 1. The fraction of sp³-hybridized carbons (Fsp3) is 0.294. The van der Waals surface area contributed by atoms with E-state index in [0.717, 1.165) is 11.6 Å². The van der Waals surface area contributed by atoms with Crippen molar-refractivity contribution in [3.05, 3.63) is 59.1 Å². The molecule has 2 aromatic rings. The third-order valence-electron chi connectivity index (χ3n) is 3.86. The quantitative estimate of drug-likeness (QED) is 0.850. The molecule has 1 unspecified atom stereocenters. The van der Waals surface area contributed by atoms with Crippen molar-refractivity contribution in [3.63, 3.8) is 0 Å². The first-order chi connectivity index (χ1) is 9.33. The smallest absolute Gasteiger partial charge is 0.0406 e. The number of halogens is 1. The van der Waals surface area contributed by atoms with Crippen molar-refractivity contribution in [2.45, 2.75) is 18.8 Å². The largest absolute Gasteiger partial charge is 0.316 e. The topological polar surface area (TPSA) is 12.0 Å². The van der Waals surface area contributed by atoms with Gasteiger partial charge in [0.2, 0.25) is 0 Å². The SMILES string of the molecule is Clc1ccc(-c2ccc(C3CCCNC3)cc2)cc1. The summed E-state index contributed by atoms with van der Waals surface area (Å²) in [5.74, 6) is 0.674. The van der Waals surface area contributed by atoms with Gasteiger partial charge < -0.3 is 5.32 Å². The maximum atomic E-state index is 5.92. The number of benzene rings is 2. The molecule has 98 valence electrons. The van der Waals surface area contributed by atoms with E-state index in [1.807, 2.05) is 12.1 Å². The molecule has 1 saturated heterocycles. The van der Waals surface area contributed by atoms with Gasteiger partial charge in [0.05, 0.1) is 0 Å². The number of rotatable bonds is 2. The van der Waals surface area contributed by atoms with Gasteiger partial charge in [0.15, 0.2) is 0 Å². The molecule has 0 aromatic heterocycles. The lowest BCUT2D eigenvalue weighted by Gasteiger charge is -2.23. The van der Waals surface area contributed by atoms with Crippen LogP contribution in [0.25, 0.3) is 11.1 Å². The number of piperidine rings is 1. The van der Waals surface area contributed by atoms with E-state index in [9.17, 15) is 0 Å². The molecule has 1 heterocycles. The molecule has 1 atom stereocenters. The molecule has 0 amide bonds. The van der Waals surface area contributed by atoms with Gasteiger partial charge in [0.1, 0.15) is 0 Å². The zero-order valence-electron chi connectivity index (χ0n) is 10.9. The fourth-order valence-corrected chi connectivity index (χ4v) is 2.85. The minimum atomic E-state index is 0.674. The number of hydrogen-bond donors (Lipinski definition) is 1. The van der Waals surface area contributed by atoms with Crippen LogP contribution in [0.3, 0.4) is 0 Å². The second kappa shape index (κ2) is 5.77. The predicted molar refractivity (Wildman–Crippen MR) is 81.7 cm³/mol. The molecule has 0 radical (unpaired) electrons. The highest BCUT2D eigenvalue weighted by atomic mass is 35.5. The van der Waals surface area contributed by atoms with Crippen LogP contribution in [0.15, 0.2) is 48.5 Å². The molecule has 19 heavy (non-hydrogen) atoms. The van der Waals surface area contributed by atoms with Crippen LogP contribution in [-0.2, 0) is 0 Å². The van der Waals surface area contributed by atoms with Gasteiger partial charge in [-0.3, -0.25) is 0 Å². The van der Waals surface area contributed by atoms with E-state index < -0.39 is 0 Å². The summed E-state index contributed by atoms with van der Waals surface area (Å²) in [6.45, 7) is 2.28. The van der Waals surface area contributed by atoms with Crippen LogP contribution < -0.4 is 5.32 Å². The van der Waals surface area contributed by atoms with Crippen molar-refractivity contribution in [1.82, 2.24) is 5.32 Å². The summed E-state index contributed by atoms with van der Waals surface area (Å²) >= 11 is 5.92. The molecule has 1 aliphatic heterocycles. The third kappa shape index (κ3) is 2.99. The molecular formula is C17H18ClN. The molecule has 3 rings (SSSR count). The minimum Gasteiger partial charge on any atom is -0.316 e. The second-order valence-electron chi connectivity index (χ2n) is 5.17. The first kappa shape index (κ1) is 12.7. The van der Waals surface area contributed by atoms with Crippen molar-refractivity contribution in [2.75, 3.05) is 13.1 Å². The van der Waals surface area contributed by atoms with Crippen molar-refractivity contribution in [3.8, 4) is 11.1 Å². The van der Waals surface area contributed by atoms with Gasteiger partial charge in [0, 0.05) is 11.6 Å². The summed E-state index contributed by atoms with van der Waals surface area (Å²) in [6, 6.07) is 17.0. The van der Waals surface area contributed by atoms with Crippen LogP contribution in [0.1, 0.15) is 24.3 Å². The van der Waals surface area contributed by atoms with Gasteiger partial charge in [-0.25, -0.2) is 0 Å². The highest BCUT2D eigenvalue weighted by Gasteiger charge is 2.14. The van der Waals surface area contributed by atoms with Crippen molar-refractivity contribution < 1.29 is 0 Å². The lowest BCUT2D eigenvalue weighted by atomic mass is 9.90. The first-order valence-corrected chi connectivity index (χ1v) is 7.27. The lowest BCUT2D eigenvalue weighted by Crippen LogP contribution is -2.28. The molecule has 1 nitrogen and oxygen atoms in total. The molecule has 1 aliphatic rings. The van der Waals surface area contributed by atoms with Gasteiger partial charge in [0.25, 0.3) is 0 Å². The Hall–Kier alpha value is -1.31. The zero-order chi connectivity index (χ0) is 13.1. The molecular weight excluding hydrogens is 254 g/mol. The Morgan fingerprint density at radius 1 is 0.895 bits per heavy atom. The van der Waals surface area contributed by atoms with Gasteiger partial charge in [-0.1, -0.05) is 48.0 Å². The van der Waals surface area contributed by atoms with Crippen LogP contribution in [0.4, 0.5) is 0 Å². The van der Waals surface area contributed by atoms with E-state index in [4.69, 9.17) is 11.6 Å². The Kier molecular flexibility index (Phi) is 3.86. The number of hydrogen-bond acceptors (Lipinski definition) is 1. The molecule has 2 aromatic carbocycles. The minimum absolute atomic E-state index is 0.674. The Balaban J connectivity index is 1.80. The summed E-state index contributed by atoms with van der Waals surface area (Å²) in [7, 11) is 0. The van der Waals surface area contributed by atoms with Crippen LogP contribution in [0.5, 0.6) is 0 Å². The van der Waals surface area contributed by atoms with Gasteiger partial charge in [-0.2, -0.15) is 0 Å². The van der Waals surface area contributed by atoms with E-state index in [-0.39, 0.29) is 0 Å². The third-order valence-corrected chi connectivity index (χ3v) is 4.11. The maximum Gasteiger partial charge on any atom is 0.0406 e. The van der Waals surface area contributed by atoms with Crippen LogP contribution in [-0.4, -0.2) is 13.1 Å². The monoisotopic (exact) mass is 271 g/mol. The van der Waals surface area contributed by atoms with Crippen LogP contribution in [0, 0.1) is 0 Å². The summed E-state index contributed by atoms with van der Waals surface area (Å²) in [5, 5.41) is 4.26.